The third-order valence-corrected chi connectivity index (χ3v) is 14.2. The Hall–Kier alpha value is -0.840. The minimum Gasteiger partial charge on any atom is -0.394 e. The van der Waals surface area contributed by atoms with Gasteiger partial charge in [-0.3, -0.25) is 0 Å². The molecule has 0 aromatic rings. The molecule has 5 rings (SSSR count). The molecular formula is C37H62O8. The first-order valence-corrected chi connectivity index (χ1v) is 17.5. The molecule has 0 unspecified atom stereocenters. The van der Waals surface area contributed by atoms with E-state index in [1.165, 1.54) is 5.57 Å². The summed E-state index contributed by atoms with van der Waals surface area (Å²) in [5, 5.41) is 53.2. The highest BCUT2D eigenvalue weighted by atomic mass is 16.7. The predicted molar refractivity (Wildman–Crippen MR) is 173 cm³/mol. The lowest BCUT2D eigenvalue weighted by Crippen LogP contribution is -2.65. The zero-order valence-electron chi connectivity index (χ0n) is 29.2. The third-order valence-electron chi connectivity index (χ3n) is 14.2. The van der Waals surface area contributed by atoms with Crippen molar-refractivity contribution in [2.75, 3.05) is 13.7 Å². The first-order valence-electron chi connectivity index (χ1n) is 17.5. The maximum absolute atomic E-state index is 11.2. The minimum atomic E-state index is -1.50. The largest absolute Gasteiger partial charge is 0.394 e. The number of aliphatic hydroxyl groups is 5. The lowest BCUT2D eigenvalue weighted by atomic mass is 9.38. The van der Waals surface area contributed by atoms with Gasteiger partial charge in [-0.1, -0.05) is 65.3 Å². The van der Waals surface area contributed by atoms with Crippen molar-refractivity contribution < 1.29 is 39.7 Å². The van der Waals surface area contributed by atoms with Gasteiger partial charge in [0.25, 0.3) is 0 Å². The fourth-order valence-corrected chi connectivity index (χ4v) is 10.9. The number of ether oxygens (including phenoxy) is 3. The highest BCUT2D eigenvalue weighted by molar-refractivity contribution is 5.33. The maximum Gasteiger partial charge on any atom is 0.187 e. The van der Waals surface area contributed by atoms with E-state index in [1.54, 1.807) is 7.11 Å². The van der Waals surface area contributed by atoms with Gasteiger partial charge in [-0.15, -0.1) is 0 Å². The highest BCUT2D eigenvalue weighted by Gasteiger charge is 2.70. The van der Waals surface area contributed by atoms with Gasteiger partial charge in [0.15, 0.2) is 6.29 Å². The molecule has 3 saturated carbocycles. The van der Waals surface area contributed by atoms with Gasteiger partial charge in [-0.2, -0.15) is 0 Å². The van der Waals surface area contributed by atoms with Gasteiger partial charge in [-0.25, -0.2) is 0 Å². The summed E-state index contributed by atoms with van der Waals surface area (Å²) in [5.41, 5.74) is 0.390. The van der Waals surface area contributed by atoms with Crippen LogP contribution in [0.25, 0.3) is 0 Å². The van der Waals surface area contributed by atoms with Crippen LogP contribution in [0.15, 0.2) is 23.8 Å². The van der Waals surface area contributed by atoms with Crippen LogP contribution in [0.2, 0.25) is 0 Å². The van der Waals surface area contributed by atoms with E-state index in [-0.39, 0.29) is 27.8 Å². The lowest BCUT2D eigenvalue weighted by Gasteiger charge is -2.67. The van der Waals surface area contributed by atoms with Crippen LogP contribution in [0.5, 0.6) is 0 Å². The first-order chi connectivity index (χ1) is 20.9. The molecule has 4 aliphatic carbocycles. The van der Waals surface area contributed by atoms with Gasteiger partial charge >= 0.3 is 0 Å². The Bertz CT molecular complexity index is 1130. The summed E-state index contributed by atoms with van der Waals surface area (Å²) in [6.45, 7) is 17.7. The standard InChI is InChI=1S/C37H62O8/c1-21(11-10-15-33(2,3)43-9)22-14-16-37(8)31-25(44-32-30(42)29(41)28(40)26(20-38)45-32)19-24-23(12-13-27(39)34(24,4)5)35(31,6)17-18-36(22,37)7/h10,15,19,21-23,25-32,38-42H,11-14,16-18,20H2,1-9H3/b15-10+/t21-,22-,23-,25+,26+,27+,28+,29+,30+,31-,32+,35+,36-,37+/m1/s1. The molecular weight excluding hydrogens is 572 g/mol. The molecule has 0 radical (unpaired) electrons. The lowest BCUT2D eigenvalue weighted by molar-refractivity contribution is -0.322. The van der Waals surface area contributed by atoms with Gasteiger partial charge in [0.1, 0.15) is 24.4 Å². The molecule has 5 aliphatic rings. The summed E-state index contributed by atoms with van der Waals surface area (Å²) in [6.07, 6.45) is 6.25. The van der Waals surface area contributed by atoms with Crippen LogP contribution in [-0.2, 0) is 14.2 Å². The van der Waals surface area contributed by atoms with Crippen molar-refractivity contribution in [2.24, 2.45) is 45.3 Å². The quantitative estimate of drug-likeness (QED) is 0.242. The highest BCUT2D eigenvalue weighted by Crippen LogP contribution is 2.75. The molecule has 14 atom stereocenters. The number of hydrogen-bond acceptors (Lipinski definition) is 8. The molecule has 8 nitrogen and oxygen atoms in total. The molecule has 0 aromatic heterocycles. The molecule has 1 saturated heterocycles. The molecule has 1 heterocycles. The van der Waals surface area contributed by atoms with Crippen LogP contribution in [0.3, 0.4) is 0 Å². The number of methoxy groups -OCH3 is 1. The number of allylic oxidation sites excluding steroid dienone is 1. The smallest absolute Gasteiger partial charge is 0.187 e. The van der Waals surface area contributed by atoms with Crippen molar-refractivity contribution in [3.8, 4) is 0 Å². The van der Waals surface area contributed by atoms with Gasteiger partial charge in [0.05, 0.1) is 24.4 Å². The van der Waals surface area contributed by atoms with E-state index in [2.05, 4.69) is 73.6 Å². The van der Waals surface area contributed by atoms with E-state index in [1.807, 2.05) is 0 Å². The van der Waals surface area contributed by atoms with Gasteiger partial charge in [-0.05, 0) is 92.8 Å². The van der Waals surface area contributed by atoms with E-state index in [0.29, 0.717) is 17.8 Å². The van der Waals surface area contributed by atoms with Crippen LogP contribution in [-0.4, -0.2) is 87.8 Å². The molecule has 8 heteroatoms. The normalized spacial score (nSPS) is 48.8. The molecule has 45 heavy (non-hydrogen) atoms. The summed E-state index contributed by atoms with van der Waals surface area (Å²) in [4.78, 5) is 0. The molecule has 258 valence electrons. The summed E-state index contributed by atoms with van der Waals surface area (Å²) in [7, 11) is 1.75. The number of rotatable bonds is 8. The van der Waals surface area contributed by atoms with Crippen molar-refractivity contribution in [1.29, 1.82) is 0 Å². The maximum atomic E-state index is 11.2. The summed E-state index contributed by atoms with van der Waals surface area (Å²) < 4.78 is 18.4. The van der Waals surface area contributed by atoms with Crippen LogP contribution < -0.4 is 0 Å². The SMILES string of the molecule is COC(C)(C)/C=C/C[C@@H](C)[C@H]1CC[C@@]2(C)[C@@H]3[C@@H](O[C@H]4O[C@@H](CO)[C@H](O)[C@H](O)[C@@H]4O)C=C4[C@@H](CC[C@H](O)C4(C)C)[C@]3(C)CC[C@]12C. The Morgan fingerprint density at radius 3 is 2.29 bits per heavy atom. The predicted octanol–water partition coefficient (Wildman–Crippen LogP) is 4.75. The number of hydrogen-bond donors (Lipinski definition) is 5. The van der Waals surface area contributed by atoms with Crippen molar-refractivity contribution in [1.82, 2.24) is 0 Å². The van der Waals surface area contributed by atoms with Gasteiger partial charge < -0.3 is 39.7 Å². The second-order valence-electron chi connectivity index (χ2n) is 17.2. The third kappa shape index (κ3) is 5.61. The summed E-state index contributed by atoms with van der Waals surface area (Å²) in [6, 6.07) is 0. The van der Waals surface area contributed by atoms with Gasteiger partial charge in [0.2, 0.25) is 0 Å². The van der Waals surface area contributed by atoms with E-state index >= 15 is 0 Å². The average Bonchev–Trinajstić information content (AvgIpc) is 3.26. The van der Waals surface area contributed by atoms with E-state index in [4.69, 9.17) is 14.2 Å². The van der Waals surface area contributed by atoms with E-state index in [0.717, 1.165) is 44.9 Å². The van der Waals surface area contributed by atoms with Crippen molar-refractivity contribution >= 4 is 0 Å². The molecule has 0 spiro atoms. The van der Waals surface area contributed by atoms with Crippen LogP contribution >= 0.6 is 0 Å². The zero-order valence-corrected chi connectivity index (χ0v) is 29.2. The molecule has 1 aliphatic heterocycles. The fraction of sp³-hybridized carbons (Fsp3) is 0.892. The van der Waals surface area contributed by atoms with Gasteiger partial charge in [0, 0.05) is 18.4 Å². The molecule has 0 aromatic carbocycles. The fourth-order valence-electron chi connectivity index (χ4n) is 10.9. The summed E-state index contributed by atoms with van der Waals surface area (Å²) in [5.74, 6) is 1.45. The molecule has 4 fully saturated rings. The first kappa shape index (κ1) is 35.5. The monoisotopic (exact) mass is 634 g/mol. The second kappa shape index (κ2) is 12.2. The zero-order chi connectivity index (χ0) is 33.3. The Morgan fingerprint density at radius 1 is 0.956 bits per heavy atom. The minimum absolute atomic E-state index is 0.0627. The van der Waals surface area contributed by atoms with Crippen LogP contribution in [0, 0.1) is 45.3 Å². The van der Waals surface area contributed by atoms with Crippen molar-refractivity contribution in [3.63, 3.8) is 0 Å². The van der Waals surface area contributed by atoms with Crippen LogP contribution in [0.1, 0.15) is 100 Å². The molecule has 0 amide bonds. The molecule has 5 N–H and O–H groups in total. The number of aliphatic hydroxyl groups excluding tert-OH is 5. The Labute approximate surface area is 271 Å². The Morgan fingerprint density at radius 2 is 1.64 bits per heavy atom. The van der Waals surface area contributed by atoms with Crippen molar-refractivity contribution in [2.45, 2.75) is 149 Å². The van der Waals surface area contributed by atoms with Crippen LogP contribution in [0.4, 0.5) is 0 Å². The Balaban J connectivity index is 1.53. The van der Waals surface area contributed by atoms with E-state index in [9.17, 15) is 25.5 Å². The molecule has 0 bridgehead atoms. The summed E-state index contributed by atoms with van der Waals surface area (Å²) >= 11 is 0. The van der Waals surface area contributed by atoms with E-state index < -0.39 is 54.9 Å². The topological polar surface area (TPSA) is 129 Å². The number of fused-ring (bicyclic) bond motifs is 5. The average molecular weight is 635 g/mol. The Kier molecular flexibility index (Phi) is 9.65. The van der Waals surface area contributed by atoms with Crippen molar-refractivity contribution in [3.05, 3.63) is 23.8 Å². The second-order valence-corrected chi connectivity index (χ2v) is 17.2.